The molecular weight excluding hydrogens is 381 g/mol. The first-order valence-corrected chi connectivity index (χ1v) is 9.17. The number of amides is 1. The van der Waals surface area contributed by atoms with Crippen molar-refractivity contribution in [2.45, 2.75) is 32.7 Å². The number of carbonyl (C=O) groups excluding carboxylic acids is 1. The Morgan fingerprint density at radius 1 is 1.18 bits per heavy atom. The normalized spacial score (nSPS) is 11.3. The maximum Gasteiger partial charge on any atom is 0.412 e. The van der Waals surface area contributed by atoms with Gasteiger partial charge in [-0.3, -0.25) is 0 Å². The molecule has 0 radical (unpaired) electrons. The Hall–Kier alpha value is -2.86. The van der Waals surface area contributed by atoms with E-state index in [-0.39, 0.29) is 17.0 Å². The topological polar surface area (TPSA) is 56.1 Å². The van der Waals surface area contributed by atoms with Crippen LogP contribution in [0, 0.1) is 5.82 Å². The molecule has 1 aromatic heterocycles. The second-order valence-electron chi connectivity index (χ2n) is 7.34. The monoisotopic (exact) mass is 401 g/mol. The van der Waals surface area contributed by atoms with Crippen molar-refractivity contribution >= 4 is 17.7 Å². The van der Waals surface area contributed by atoms with Crippen LogP contribution in [0.2, 0.25) is 5.02 Å². The molecule has 2 aromatic carbocycles. The van der Waals surface area contributed by atoms with Crippen molar-refractivity contribution in [2.24, 2.45) is 0 Å². The lowest BCUT2D eigenvalue weighted by Gasteiger charge is -2.14. The third kappa shape index (κ3) is 4.70. The van der Waals surface area contributed by atoms with Crippen LogP contribution in [0.5, 0.6) is 5.75 Å². The fourth-order valence-corrected chi connectivity index (χ4v) is 2.72. The standard InChI is InChI=1S/C21H21ClFN3O2/c1-21(2,3)19-12-15(13-24-20(27)28-16-7-5-4-6-8-16)26(25-19)14-9-10-18(23)17(22)11-14/h4-12H,13H2,1-3H3,(H,24,27). The summed E-state index contributed by atoms with van der Waals surface area (Å²) in [5.74, 6) is -0.0473. The number of carbonyl (C=O) groups is 1. The predicted molar refractivity (Wildman–Crippen MR) is 107 cm³/mol. The van der Waals surface area contributed by atoms with E-state index >= 15 is 0 Å². The molecule has 7 heteroatoms. The summed E-state index contributed by atoms with van der Waals surface area (Å²) in [6.45, 7) is 6.30. The molecule has 0 bridgehead atoms. The van der Waals surface area contributed by atoms with Gasteiger partial charge in [0, 0.05) is 5.41 Å². The molecule has 1 N–H and O–H groups in total. The van der Waals surface area contributed by atoms with Crippen LogP contribution >= 0.6 is 11.6 Å². The second-order valence-corrected chi connectivity index (χ2v) is 7.74. The number of hydrogen-bond acceptors (Lipinski definition) is 3. The van der Waals surface area contributed by atoms with Crippen LogP contribution in [0.25, 0.3) is 5.69 Å². The van der Waals surface area contributed by atoms with Crippen LogP contribution < -0.4 is 10.1 Å². The van der Waals surface area contributed by atoms with Gasteiger partial charge in [0.1, 0.15) is 11.6 Å². The summed E-state index contributed by atoms with van der Waals surface area (Å²) in [6.07, 6.45) is -0.576. The highest BCUT2D eigenvalue weighted by molar-refractivity contribution is 6.30. The van der Waals surface area contributed by atoms with Crippen molar-refractivity contribution in [2.75, 3.05) is 0 Å². The van der Waals surface area contributed by atoms with E-state index in [1.54, 1.807) is 35.0 Å². The van der Waals surface area contributed by atoms with Crippen LogP contribution in [-0.4, -0.2) is 15.9 Å². The highest BCUT2D eigenvalue weighted by Crippen LogP contribution is 2.25. The molecule has 0 saturated carbocycles. The smallest absolute Gasteiger partial charge is 0.410 e. The molecule has 0 aliphatic rings. The van der Waals surface area contributed by atoms with Crippen molar-refractivity contribution in [3.8, 4) is 11.4 Å². The lowest BCUT2D eigenvalue weighted by molar-refractivity contribution is 0.199. The van der Waals surface area contributed by atoms with Crippen molar-refractivity contribution in [1.29, 1.82) is 0 Å². The Labute approximate surface area is 168 Å². The van der Waals surface area contributed by atoms with Gasteiger partial charge in [0.25, 0.3) is 0 Å². The zero-order valence-electron chi connectivity index (χ0n) is 15.9. The molecule has 0 spiro atoms. The van der Waals surface area contributed by atoms with E-state index in [4.69, 9.17) is 16.3 Å². The van der Waals surface area contributed by atoms with Gasteiger partial charge in [-0.05, 0) is 36.4 Å². The van der Waals surface area contributed by atoms with Crippen molar-refractivity contribution in [3.05, 3.63) is 76.8 Å². The van der Waals surface area contributed by atoms with E-state index in [2.05, 4.69) is 10.4 Å². The zero-order chi connectivity index (χ0) is 20.3. The molecule has 3 aromatic rings. The number of ether oxygens (including phenoxy) is 1. The first kappa shape index (κ1) is 19.9. The van der Waals surface area contributed by atoms with E-state index < -0.39 is 11.9 Å². The lowest BCUT2D eigenvalue weighted by Crippen LogP contribution is -2.27. The number of hydrogen-bond donors (Lipinski definition) is 1. The van der Waals surface area contributed by atoms with E-state index in [1.807, 2.05) is 32.9 Å². The largest absolute Gasteiger partial charge is 0.412 e. The summed E-state index contributed by atoms with van der Waals surface area (Å²) in [7, 11) is 0. The molecule has 146 valence electrons. The summed E-state index contributed by atoms with van der Waals surface area (Å²) in [4.78, 5) is 12.1. The van der Waals surface area contributed by atoms with Gasteiger partial charge in [0.15, 0.2) is 0 Å². The molecule has 28 heavy (non-hydrogen) atoms. The van der Waals surface area contributed by atoms with E-state index in [9.17, 15) is 9.18 Å². The predicted octanol–water partition coefficient (Wildman–Crippen LogP) is 5.25. The highest BCUT2D eigenvalue weighted by atomic mass is 35.5. The van der Waals surface area contributed by atoms with Gasteiger partial charge in [0.2, 0.25) is 0 Å². The minimum atomic E-state index is -0.576. The summed E-state index contributed by atoms with van der Waals surface area (Å²) >= 11 is 5.92. The molecule has 0 saturated heterocycles. The number of nitrogens with zero attached hydrogens (tertiary/aromatic N) is 2. The Kier molecular flexibility index (Phi) is 5.70. The van der Waals surface area contributed by atoms with Crippen molar-refractivity contribution in [1.82, 2.24) is 15.1 Å². The molecule has 1 heterocycles. The molecule has 3 rings (SSSR count). The maximum atomic E-state index is 13.5. The van der Waals surface area contributed by atoms with E-state index in [0.717, 1.165) is 11.4 Å². The van der Waals surface area contributed by atoms with Crippen LogP contribution in [0.1, 0.15) is 32.2 Å². The van der Waals surface area contributed by atoms with Crippen molar-refractivity contribution in [3.63, 3.8) is 0 Å². The summed E-state index contributed by atoms with van der Waals surface area (Å²) in [5.41, 5.74) is 1.96. The first-order chi connectivity index (χ1) is 13.2. The Bertz CT molecular complexity index is 981. The minimum Gasteiger partial charge on any atom is -0.410 e. The third-order valence-corrected chi connectivity index (χ3v) is 4.36. The fraction of sp³-hybridized carbons (Fsp3) is 0.238. The lowest BCUT2D eigenvalue weighted by atomic mass is 9.92. The van der Waals surface area contributed by atoms with Crippen LogP contribution in [-0.2, 0) is 12.0 Å². The Morgan fingerprint density at radius 3 is 2.54 bits per heavy atom. The Balaban J connectivity index is 1.83. The highest BCUT2D eigenvalue weighted by Gasteiger charge is 2.21. The number of nitrogens with one attached hydrogen (secondary N) is 1. The van der Waals surface area contributed by atoms with Crippen molar-refractivity contribution < 1.29 is 13.9 Å². The zero-order valence-corrected chi connectivity index (χ0v) is 16.6. The number of halogens is 2. The van der Waals surface area contributed by atoms with E-state index in [0.29, 0.717) is 11.4 Å². The second kappa shape index (κ2) is 8.02. The quantitative estimate of drug-likeness (QED) is 0.649. The number of rotatable bonds is 4. The Morgan fingerprint density at radius 2 is 1.89 bits per heavy atom. The van der Waals surface area contributed by atoms with Gasteiger partial charge >= 0.3 is 6.09 Å². The van der Waals surface area contributed by atoms with Crippen LogP contribution in [0.4, 0.5) is 9.18 Å². The van der Waals surface area contributed by atoms with Crippen LogP contribution in [0.3, 0.4) is 0 Å². The number of para-hydroxylation sites is 1. The molecule has 0 unspecified atom stereocenters. The molecule has 0 aliphatic carbocycles. The molecule has 0 atom stereocenters. The minimum absolute atomic E-state index is 0.00713. The molecule has 1 amide bonds. The number of benzene rings is 2. The first-order valence-electron chi connectivity index (χ1n) is 8.79. The van der Waals surface area contributed by atoms with Gasteiger partial charge in [-0.2, -0.15) is 5.10 Å². The third-order valence-electron chi connectivity index (χ3n) is 4.07. The molecule has 5 nitrogen and oxygen atoms in total. The average molecular weight is 402 g/mol. The maximum absolute atomic E-state index is 13.5. The summed E-state index contributed by atoms with van der Waals surface area (Å²) in [5, 5.41) is 7.35. The van der Waals surface area contributed by atoms with Crippen LogP contribution in [0.15, 0.2) is 54.6 Å². The van der Waals surface area contributed by atoms with E-state index in [1.165, 1.54) is 12.1 Å². The van der Waals surface area contributed by atoms with Gasteiger partial charge in [-0.1, -0.05) is 50.6 Å². The molecule has 0 aliphatic heterocycles. The molecular formula is C21H21ClFN3O2. The molecule has 0 fully saturated rings. The fourth-order valence-electron chi connectivity index (χ4n) is 2.55. The van der Waals surface area contributed by atoms with Gasteiger partial charge in [-0.15, -0.1) is 0 Å². The van der Waals surface area contributed by atoms with Gasteiger partial charge in [-0.25, -0.2) is 13.9 Å². The summed E-state index contributed by atoms with van der Waals surface area (Å²) < 4.78 is 20.4. The summed E-state index contributed by atoms with van der Waals surface area (Å²) in [6, 6.07) is 15.1. The average Bonchev–Trinajstić information content (AvgIpc) is 3.08. The number of aromatic nitrogens is 2. The SMILES string of the molecule is CC(C)(C)c1cc(CNC(=O)Oc2ccccc2)n(-c2ccc(F)c(Cl)c2)n1. The van der Waals surface area contributed by atoms with Gasteiger partial charge in [0.05, 0.1) is 28.6 Å². The van der Waals surface area contributed by atoms with Gasteiger partial charge < -0.3 is 10.1 Å².